The minimum Gasteiger partial charge on any atom is -0.490 e. The molecule has 1 aliphatic carbocycles. The van der Waals surface area contributed by atoms with Crippen LogP contribution in [0.3, 0.4) is 0 Å². The third-order valence-corrected chi connectivity index (χ3v) is 7.80. The van der Waals surface area contributed by atoms with Crippen LogP contribution in [0, 0.1) is 17.7 Å². The summed E-state index contributed by atoms with van der Waals surface area (Å²) in [6.07, 6.45) is 6.30. The number of amides is 1. The van der Waals surface area contributed by atoms with E-state index in [0.717, 1.165) is 88.3 Å². The Kier molecular flexibility index (Phi) is 8.08. The molecule has 0 radical (unpaired) electrons. The molecule has 2 aromatic rings. The van der Waals surface area contributed by atoms with E-state index in [2.05, 4.69) is 26.4 Å². The number of hydrogen-bond donors (Lipinski definition) is 1. The Balaban J connectivity index is 1.10. The summed E-state index contributed by atoms with van der Waals surface area (Å²) in [5.74, 6) is 1.59. The Morgan fingerprint density at radius 3 is 2.62 bits per heavy atom. The van der Waals surface area contributed by atoms with E-state index >= 15 is 0 Å². The van der Waals surface area contributed by atoms with Gasteiger partial charge in [0.05, 0.1) is 6.61 Å². The van der Waals surface area contributed by atoms with Gasteiger partial charge >= 0.3 is 6.01 Å². The predicted molar refractivity (Wildman–Crippen MR) is 140 cm³/mol. The highest BCUT2D eigenvalue weighted by Crippen LogP contribution is 2.33. The van der Waals surface area contributed by atoms with Crippen molar-refractivity contribution in [3.8, 4) is 5.75 Å². The summed E-state index contributed by atoms with van der Waals surface area (Å²) in [4.78, 5) is 21.4. The van der Waals surface area contributed by atoms with E-state index in [-0.39, 0.29) is 23.6 Å². The second kappa shape index (κ2) is 11.6. The van der Waals surface area contributed by atoms with Crippen LogP contribution < -0.4 is 15.0 Å². The first-order chi connectivity index (χ1) is 18.0. The zero-order chi connectivity index (χ0) is 25.8. The first kappa shape index (κ1) is 25.7. The molecule has 1 amide bonds. The number of rotatable bonds is 7. The molecule has 0 spiro atoms. The molecule has 2 aliphatic heterocycles. The van der Waals surface area contributed by atoms with E-state index in [1.165, 1.54) is 0 Å². The maximum Gasteiger partial charge on any atom is 0.324 e. The number of nitrogens with zero attached hydrogens (tertiary/aromatic N) is 4. The van der Waals surface area contributed by atoms with Gasteiger partial charge < -0.3 is 24.4 Å². The molecule has 9 heteroatoms. The summed E-state index contributed by atoms with van der Waals surface area (Å²) >= 11 is 0. The number of carbonyl (C=O) groups is 1. The van der Waals surface area contributed by atoms with Gasteiger partial charge in [0.1, 0.15) is 0 Å². The van der Waals surface area contributed by atoms with Crippen molar-refractivity contribution in [1.82, 2.24) is 20.4 Å². The Morgan fingerprint density at radius 2 is 1.97 bits per heavy atom. The number of anilines is 1. The number of carbonyl (C=O) groups excluding carboxylic acids is 1. The third-order valence-electron chi connectivity index (χ3n) is 7.80. The van der Waals surface area contributed by atoms with Crippen molar-refractivity contribution in [3.05, 3.63) is 41.5 Å². The molecule has 1 unspecified atom stereocenters. The van der Waals surface area contributed by atoms with Crippen molar-refractivity contribution in [1.29, 1.82) is 0 Å². The van der Waals surface area contributed by atoms with E-state index in [1.54, 1.807) is 12.1 Å². The Labute approximate surface area is 218 Å². The lowest BCUT2D eigenvalue weighted by Gasteiger charge is -2.32. The predicted octanol–water partition coefficient (Wildman–Crippen LogP) is 4.24. The summed E-state index contributed by atoms with van der Waals surface area (Å²) < 4.78 is 26.2. The van der Waals surface area contributed by atoms with Crippen molar-refractivity contribution >= 4 is 17.5 Å². The zero-order valence-corrected chi connectivity index (χ0v) is 21.9. The number of halogens is 1. The molecule has 8 nitrogen and oxygen atoms in total. The van der Waals surface area contributed by atoms with Crippen LogP contribution in [0.25, 0.3) is 5.57 Å². The summed E-state index contributed by atoms with van der Waals surface area (Å²) in [5, 5.41) is 7.34. The van der Waals surface area contributed by atoms with Gasteiger partial charge in [-0.05, 0) is 61.3 Å². The number of aromatic nitrogens is 2. The molecule has 200 valence electrons. The highest BCUT2D eigenvalue weighted by molar-refractivity contribution is 5.81. The first-order valence-corrected chi connectivity index (χ1v) is 13.7. The monoisotopic (exact) mass is 511 g/mol. The van der Waals surface area contributed by atoms with Crippen LogP contribution in [0.1, 0.15) is 63.3 Å². The van der Waals surface area contributed by atoms with Crippen LogP contribution in [0.15, 0.2) is 28.8 Å². The van der Waals surface area contributed by atoms with Crippen molar-refractivity contribution in [2.75, 3.05) is 50.8 Å². The van der Waals surface area contributed by atoms with Crippen LogP contribution in [0.2, 0.25) is 0 Å². The first-order valence-electron chi connectivity index (χ1n) is 13.7. The highest BCUT2D eigenvalue weighted by Gasteiger charge is 2.28. The Bertz CT molecular complexity index is 1100. The molecule has 37 heavy (non-hydrogen) atoms. The fraction of sp³-hybridized carbons (Fsp3) is 0.607. The molecule has 0 saturated carbocycles. The van der Waals surface area contributed by atoms with Crippen molar-refractivity contribution in [2.24, 2.45) is 11.8 Å². The minimum absolute atomic E-state index is 0.0396. The second-order valence-electron chi connectivity index (χ2n) is 10.8. The Hall–Kier alpha value is -2.94. The van der Waals surface area contributed by atoms with Crippen LogP contribution in [0.4, 0.5) is 10.4 Å². The normalized spacial score (nSPS) is 21.3. The number of hydrogen-bond acceptors (Lipinski definition) is 7. The Morgan fingerprint density at radius 1 is 1.19 bits per heavy atom. The average Bonchev–Trinajstić information content (AvgIpc) is 3.44. The molecule has 1 aromatic carbocycles. The summed E-state index contributed by atoms with van der Waals surface area (Å²) in [6, 6.07) is 5.84. The molecule has 1 aromatic heterocycles. The number of nitrogens with one attached hydrogen (secondary N) is 1. The summed E-state index contributed by atoms with van der Waals surface area (Å²) in [7, 11) is 0. The third kappa shape index (κ3) is 6.14. The topological polar surface area (TPSA) is 83.7 Å². The lowest BCUT2D eigenvalue weighted by molar-refractivity contribution is -0.136. The number of benzene rings is 1. The molecule has 2 saturated heterocycles. The van der Waals surface area contributed by atoms with Gasteiger partial charge in [0.25, 0.3) is 0 Å². The fourth-order valence-electron chi connectivity index (χ4n) is 5.37. The van der Waals surface area contributed by atoms with Crippen molar-refractivity contribution < 1.29 is 18.4 Å². The van der Waals surface area contributed by atoms with Gasteiger partial charge in [0.2, 0.25) is 5.91 Å². The molecule has 3 aliphatic rings. The molecule has 3 heterocycles. The molecular formula is C28H38FN5O3. The number of ether oxygens (including phenoxy) is 1. The highest BCUT2D eigenvalue weighted by atomic mass is 19.1. The van der Waals surface area contributed by atoms with Crippen LogP contribution in [-0.4, -0.2) is 66.8 Å². The van der Waals surface area contributed by atoms with Gasteiger partial charge in [-0.15, -0.1) is 0 Å². The quantitative estimate of drug-likeness (QED) is 0.595. The zero-order valence-electron chi connectivity index (χ0n) is 21.9. The second-order valence-corrected chi connectivity index (χ2v) is 10.8. The summed E-state index contributed by atoms with van der Waals surface area (Å²) in [6.45, 7) is 9.53. The molecule has 5 rings (SSSR count). The lowest BCUT2D eigenvalue weighted by Crippen LogP contribution is -2.48. The van der Waals surface area contributed by atoms with Crippen molar-refractivity contribution in [2.45, 2.75) is 51.9 Å². The van der Waals surface area contributed by atoms with Gasteiger partial charge in [-0.1, -0.05) is 31.1 Å². The van der Waals surface area contributed by atoms with Crippen LogP contribution in [0.5, 0.6) is 5.75 Å². The smallest absolute Gasteiger partial charge is 0.324 e. The van der Waals surface area contributed by atoms with Gasteiger partial charge in [-0.25, -0.2) is 4.39 Å². The number of allylic oxidation sites excluding steroid dienone is 2. The van der Waals surface area contributed by atoms with Gasteiger partial charge in [0.15, 0.2) is 17.4 Å². The van der Waals surface area contributed by atoms with E-state index in [9.17, 15) is 9.18 Å². The van der Waals surface area contributed by atoms with Gasteiger partial charge in [-0.3, -0.25) is 4.79 Å². The van der Waals surface area contributed by atoms with Gasteiger partial charge in [0, 0.05) is 51.1 Å². The lowest BCUT2D eigenvalue weighted by atomic mass is 9.85. The fourth-order valence-corrected chi connectivity index (χ4v) is 5.37. The standard InChI is InChI=1S/C28H38FN5O3/c1-19(2)26-31-28(37-32-26)34-13-9-20(10-14-34)18-36-25-8-7-23(17-24(25)29)21-3-5-22(6-4-21)27(35)33-15-11-30-12-16-33/h3,7-8,17,19-20,22,30H,4-6,9-16,18H2,1-2H3. The molecule has 1 atom stereocenters. The molecular weight excluding hydrogens is 473 g/mol. The van der Waals surface area contributed by atoms with E-state index in [0.29, 0.717) is 24.3 Å². The maximum atomic E-state index is 14.9. The van der Waals surface area contributed by atoms with Gasteiger partial charge in [-0.2, -0.15) is 4.98 Å². The number of piperazine rings is 1. The number of piperidine rings is 1. The van der Waals surface area contributed by atoms with E-state index in [1.807, 2.05) is 24.8 Å². The maximum absolute atomic E-state index is 14.9. The average molecular weight is 512 g/mol. The SMILES string of the molecule is CC(C)c1noc(N2CCC(COc3ccc(C4=CCC(C(=O)N5CCNCC5)CC4)cc3F)CC2)n1. The molecule has 0 bridgehead atoms. The minimum atomic E-state index is -0.332. The van der Waals surface area contributed by atoms with Crippen LogP contribution in [-0.2, 0) is 4.79 Å². The van der Waals surface area contributed by atoms with E-state index < -0.39 is 0 Å². The molecule has 2 fully saturated rings. The largest absolute Gasteiger partial charge is 0.490 e. The van der Waals surface area contributed by atoms with E-state index in [4.69, 9.17) is 9.26 Å². The van der Waals surface area contributed by atoms with Crippen LogP contribution >= 0.6 is 0 Å². The molecule has 1 N–H and O–H groups in total. The summed E-state index contributed by atoms with van der Waals surface area (Å²) in [5.41, 5.74) is 2.00. The van der Waals surface area contributed by atoms with Crippen molar-refractivity contribution in [3.63, 3.8) is 0 Å².